The normalized spacial score (nSPS) is 13.8. The van der Waals surface area contributed by atoms with E-state index in [4.69, 9.17) is 9.47 Å². The van der Waals surface area contributed by atoms with Crippen LogP contribution in [0.1, 0.15) is 29.8 Å². The highest BCUT2D eigenvalue weighted by Gasteiger charge is 2.23. The van der Waals surface area contributed by atoms with E-state index in [-0.39, 0.29) is 18.4 Å². The van der Waals surface area contributed by atoms with E-state index in [1.807, 2.05) is 61.2 Å². The Kier molecular flexibility index (Phi) is 7.01. The SMILES string of the molecule is CCN(CC)C(=O)c1cccc(-c2ccc3c(c2)COCC(=O)N3CCOC)c1. The molecule has 1 aliphatic rings. The van der Waals surface area contributed by atoms with Crippen molar-refractivity contribution in [3.8, 4) is 11.1 Å². The van der Waals surface area contributed by atoms with Gasteiger partial charge in [-0.15, -0.1) is 0 Å². The molecule has 6 nitrogen and oxygen atoms in total. The third-order valence-corrected chi connectivity index (χ3v) is 5.17. The Morgan fingerprint density at radius 3 is 2.59 bits per heavy atom. The third kappa shape index (κ3) is 4.66. The number of anilines is 1. The molecule has 2 aromatic carbocycles. The second-order valence-electron chi connectivity index (χ2n) is 6.93. The van der Waals surface area contributed by atoms with Crippen LogP contribution in [0.3, 0.4) is 0 Å². The van der Waals surface area contributed by atoms with Gasteiger partial charge in [-0.1, -0.05) is 18.2 Å². The number of carbonyl (C=O) groups excluding carboxylic acids is 2. The zero-order valence-corrected chi connectivity index (χ0v) is 17.3. The Morgan fingerprint density at radius 1 is 1.10 bits per heavy atom. The number of fused-ring (bicyclic) bond motifs is 1. The van der Waals surface area contributed by atoms with Crippen molar-refractivity contribution in [2.24, 2.45) is 0 Å². The molecular formula is C23H28N2O4. The lowest BCUT2D eigenvalue weighted by atomic mass is 9.99. The van der Waals surface area contributed by atoms with Crippen molar-refractivity contribution in [2.75, 3.05) is 44.9 Å². The van der Waals surface area contributed by atoms with Crippen molar-refractivity contribution in [1.82, 2.24) is 4.90 Å². The highest BCUT2D eigenvalue weighted by molar-refractivity contribution is 5.97. The summed E-state index contributed by atoms with van der Waals surface area (Å²) in [6.07, 6.45) is 0. The first-order valence-corrected chi connectivity index (χ1v) is 9.98. The number of benzene rings is 2. The molecule has 0 bridgehead atoms. The van der Waals surface area contributed by atoms with Gasteiger partial charge in [0, 0.05) is 43.6 Å². The minimum atomic E-state index is -0.0691. The Morgan fingerprint density at radius 2 is 1.86 bits per heavy atom. The highest BCUT2D eigenvalue weighted by atomic mass is 16.5. The van der Waals surface area contributed by atoms with E-state index in [1.54, 1.807) is 12.0 Å². The summed E-state index contributed by atoms with van der Waals surface area (Å²) in [6.45, 7) is 6.70. The molecule has 3 rings (SSSR count). The van der Waals surface area contributed by atoms with Crippen LogP contribution in [0.2, 0.25) is 0 Å². The standard InChI is InChI=1S/C23H28N2O4/c1-4-24(5-2)23(27)19-8-6-7-17(13-19)18-9-10-21-20(14-18)15-29-16-22(26)25(21)11-12-28-3/h6-10,13-14H,4-5,11-12,15-16H2,1-3H3. The van der Waals surface area contributed by atoms with E-state index in [0.717, 1.165) is 22.4 Å². The van der Waals surface area contributed by atoms with Gasteiger partial charge < -0.3 is 19.3 Å². The van der Waals surface area contributed by atoms with Crippen molar-refractivity contribution in [1.29, 1.82) is 0 Å². The monoisotopic (exact) mass is 396 g/mol. The van der Waals surface area contributed by atoms with Crippen LogP contribution in [0, 0.1) is 0 Å². The van der Waals surface area contributed by atoms with Gasteiger partial charge in [0.15, 0.2) is 0 Å². The lowest BCUT2D eigenvalue weighted by Gasteiger charge is -2.22. The van der Waals surface area contributed by atoms with Crippen molar-refractivity contribution in [3.63, 3.8) is 0 Å². The van der Waals surface area contributed by atoms with E-state index in [9.17, 15) is 9.59 Å². The number of ether oxygens (including phenoxy) is 2. The number of rotatable bonds is 7. The largest absolute Gasteiger partial charge is 0.383 e. The average Bonchev–Trinajstić information content (AvgIpc) is 2.90. The van der Waals surface area contributed by atoms with E-state index in [2.05, 4.69) is 0 Å². The van der Waals surface area contributed by atoms with Gasteiger partial charge in [0.1, 0.15) is 6.61 Å². The second-order valence-corrected chi connectivity index (χ2v) is 6.93. The van der Waals surface area contributed by atoms with Crippen LogP contribution < -0.4 is 4.90 Å². The summed E-state index contributed by atoms with van der Waals surface area (Å²) in [5, 5.41) is 0. The van der Waals surface area contributed by atoms with Gasteiger partial charge in [-0.05, 0) is 49.2 Å². The summed E-state index contributed by atoms with van der Waals surface area (Å²) in [4.78, 5) is 28.6. The molecule has 0 saturated carbocycles. The summed E-state index contributed by atoms with van der Waals surface area (Å²) >= 11 is 0. The van der Waals surface area contributed by atoms with E-state index in [0.29, 0.717) is 38.4 Å². The summed E-state index contributed by atoms with van der Waals surface area (Å²) < 4.78 is 10.7. The number of nitrogens with zero attached hydrogens (tertiary/aromatic N) is 2. The smallest absolute Gasteiger partial charge is 0.253 e. The molecule has 0 saturated heterocycles. The van der Waals surface area contributed by atoms with Gasteiger partial charge in [0.25, 0.3) is 11.8 Å². The molecule has 0 N–H and O–H groups in total. The predicted molar refractivity (Wildman–Crippen MR) is 113 cm³/mol. The molecule has 0 radical (unpaired) electrons. The van der Waals surface area contributed by atoms with Crippen LogP contribution in [0.15, 0.2) is 42.5 Å². The number of hydrogen-bond donors (Lipinski definition) is 0. The van der Waals surface area contributed by atoms with Crippen molar-refractivity contribution in [2.45, 2.75) is 20.5 Å². The molecule has 0 atom stereocenters. The van der Waals surface area contributed by atoms with Gasteiger partial charge in [-0.2, -0.15) is 0 Å². The number of carbonyl (C=O) groups is 2. The first-order chi connectivity index (χ1) is 14.1. The lowest BCUT2D eigenvalue weighted by molar-refractivity contribution is -0.123. The van der Waals surface area contributed by atoms with Crippen LogP contribution in [0.4, 0.5) is 5.69 Å². The van der Waals surface area contributed by atoms with Gasteiger partial charge >= 0.3 is 0 Å². The molecule has 1 aliphatic heterocycles. The summed E-state index contributed by atoms with van der Waals surface area (Å²) in [6, 6.07) is 13.6. The van der Waals surface area contributed by atoms with Crippen LogP contribution in [0.25, 0.3) is 11.1 Å². The van der Waals surface area contributed by atoms with Crippen LogP contribution in [-0.2, 0) is 20.9 Å². The maximum atomic E-state index is 12.7. The van der Waals surface area contributed by atoms with Crippen molar-refractivity contribution < 1.29 is 19.1 Å². The molecule has 6 heteroatoms. The van der Waals surface area contributed by atoms with E-state index < -0.39 is 0 Å². The topological polar surface area (TPSA) is 59.1 Å². The zero-order chi connectivity index (χ0) is 20.8. The van der Waals surface area contributed by atoms with Gasteiger partial charge in [0.2, 0.25) is 0 Å². The Bertz CT molecular complexity index is 877. The number of hydrogen-bond acceptors (Lipinski definition) is 4. The van der Waals surface area contributed by atoms with Gasteiger partial charge in [0.05, 0.1) is 13.2 Å². The van der Waals surface area contributed by atoms with Gasteiger partial charge in [-0.3, -0.25) is 9.59 Å². The quantitative estimate of drug-likeness (QED) is 0.720. The first kappa shape index (κ1) is 21.0. The summed E-state index contributed by atoms with van der Waals surface area (Å²) in [7, 11) is 1.62. The second kappa shape index (κ2) is 9.67. The zero-order valence-electron chi connectivity index (χ0n) is 17.3. The van der Waals surface area contributed by atoms with Crippen LogP contribution in [-0.4, -0.2) is 56.7 Å². The molecule has 0 fully saturated rings. The third-order valence-electron chi connectivity index (χ3n) is 5.17. The molecule has 2 amide bonds. The molecule has 154 valence electrons. The maximum Gasteiger partial charge on any atom is 0.253 e. The minimum absolute atomic E-state index is 0.0336. The number of amides is 2. The van der Waals surface area contributed by atoms with E-state index in [1.165, 1.54) is 0 Å². The molecule has 0 unspecified atom stereocenters. The molecule has 1 heterocycles. The molecule has 0 aromatic heterocycles. The fourth-order valence-corrected chi connectivity index (χ4v) is 3.56. The van der Waals surface area contributed by atoms with Crippen LogP contribution in [0.5, 0.6) is 0 Å². The molecular weight excluding hydrogens is 368 g/mol. The fraction of sp³-hybridized carbons (Fsp3) is 0.391. The summed E-state index contributed by atoms with van der Waals surface area (Å²) in [5.74, 6) is -0.0355. The van der Waals surface area contributed by atoms with E-state index >= 15 is 0 Å². The minimum Gasteiger partial charge on any atom is -0.383 e. The van der Waals surface area contributed by atoms with Gasteiger partial charge in [-0.25, -0.2) is 0 Å². The predicted octanol–water partition coefficient (Wildman–Crippen LogP) is 3.35. The average molecular weight is 396 g/mol. The summed E-state index contributed by atoms with van der Waals surface area (Å²) in [5.41, 5.74) is 4.43. The molecule has 0 aliphatic carbocycles. The molecule has 0 spiro atoms. The molecule has 2 aromatic rings. The highest BCUT2D eigenvalue weighted by Crippen LogP contribution is 2.30. The van der Waals surface area contributed by atoms with Crippen LogP contribution >= 0.6 is 0 Å². The Balaban J connectivity index is 1.93. The van der Waals surface area contributed by atoms with Crippen molar-refractivity contribution in [3.05, 3.63) is 53.6 Å². The fourth-order valence-electron chi connectivity index (χ4n) is 3.56. The first-order valence-electron chi connectivity index (χ1n) is 9.98. The number of methoxy groups -OCH3 is 1. The lowest BCUT2D eigenvalue weighted by Crippen LogP contribution is -2.35. The Labute approximate surface area is 172 Å². The van der Waals surface area contributed by atoms with Crippen molar-refractivity contribution >= 4 is 17.5 Å². The Hall–Kier alpha value is -2.70. The maximum absolute atomic E-state index is 12.7. The molecule has 29 heavy (non-hydrogen) atoms.